The van der Waals surface area contributed by atoms with Crippen molar-refractivity contribution in [3.63, 3.8) is 0 Å². The second-order valence-corrected chi connectivity index (χ2v) is 7.23. The molecule has 2 atom stereocenters. The van der Waals surface area contributed by atoms with Crippen LogP contribution in [0.2, 0.25) is 0 Å². The lowest BCUT2D eigenvalue weighted by Crippen LogP contribution is -2.44. The molecule has 0 radical (unpaired) electrons. The van der Waals surface area contributed by atoms with Gasteiger partial charge in [-0.05, 0) is 50.0 Å². The highest BCUT2D eigenvalue weighted by molar-refractivity contribution is 5.92. The molecule has 1 aliphatic heterocycles. The normalized spacial score (nSPS) is 19.0. The highest BCUT2D eigenvalue weighted by Gasteiger charge is 2.22. The summed E-state index contributed by atoms with van der Waals surface area (Å²) in [4.78, 5) is 18.9. The minimum absolute atomic E-state index is 0.0214. The molecular weight excluding hydrogens is 338 g/mol. The molecule has 1 fully saturated rings. The fourth-order valence-electron chi connectivity index (χ4n) is 3.37. The molecular formula is C21H35N5O. The maximum absolute atomic E-state index is 12.1. The Kier molecular flexibility index (Phi) is 8.58. The Morgan fingerprint density at radius 2 is 2.15 bits per heavy atom. The van der Waals surface area contributed by atoms with Crippen LogP contribution in [0.4, 0.5) is 5.69 Å². The van der Waals surface area contributed by atoms with Crippen LogP contribution in [0.25, 0.3) is 0 Å². The number of nitrogens with zero attached hydrogens (tertiary/aromatic N) is 2. The van der Waals surface area contributed by atoms with E-state index >= 15 is 0 Å². The summed E-state index contributed by atoms with van der Waals surface area (Å²) in [6.45, 7) is 10.1. The fraction of sp³-hybridized carbons (Fsp3) is 0.619. The highest BCUT2D eigenvalue weighted by Crippen LogP contribution is 2.15. The maximum Gasteiger partial charge on any atom is 0.227 e. The molecule has 1 aromatic rings. The van der Waals surface area contributed by atoms with Crippen molar-refractivity contribution in [1.29, 1.82) is 0 Å². The molecule has 1 saturated heterocycles. The number of rotatable bonds is 8. The Labute approximate surface area is 163 Å². The van der Waals surface area contributed by atoms with Gasteiger partial charge < -0.3 is 16.0 Å². The predicted octanol–water partition coefficient (Wildman–Crippen LogP) is 2.82. The molecule has 0 saturated carbocycles. The first-order chi connectivity index (χ1) is 13.1. The van der Waals surface area contributed by atoms with Crippen molar-refractivity contribution in [3.8, 4) is 0 Å². The van der Waals surface area contributed by atoms with E-state index in [0.717, 1.165) is 36.7 Å². The summed E-state index contributed by atoms with van der Waals surface area (Å²) in [7, 11) is 1.80. The van der Waals surface area contributed by atoms with Gasteiger partial charge in [0.25, 0.3) is 0 Å². The molecule has 0 aromatic heterocycles. The van der Waals surface area contributed by atoms with Gasteiger partial charge in [-0.25, -0.2) is 0 Å². The molecule has 6 nitrogen and oxygen atoms in total. The molecule has 150 valence electrons. The van der Waals surface area contributed by atoms with Crippen LogP contribution in [-0.4, -0.2) is 49.5 Å². The zero-order valence-corrected chi connectivity index (χ0v) is 17.2. The number of likely N-dealkylation sites (tertiary alicyclic amines) is 1. The number of hydrogen-bond acceptors (Lipinski definition) is 3. The molecule has 0 spiro atoms. The summed E-state index contributed by atoms with van der Waals surface area (Å²) in [5.41, 5.74) is 1.95. The van der Waals surface area contributed by atoms with Gasteiger partial charge in [-0.1, -0.05) is 32.9 Å². The minimum Gasteiger partial charge on any atom is -0.355 e. The Morgan fingerprint density at radius 3 is 2.85 bits per heavy atom. The maximum atomic E-state index is 12.1. The van der Waals surface area contributed by atoms with Crippen LogP contribution in [0.15, 0.2) is 29.3 Å². The summed E-state index contributed by atoms with van der Waals surface area (Å²) >= 11 is 0. The monoisotopic (exact) mass is 373 g/mol. The number of likely N-dealkylation sites (N-methyl/N-ethyl adjacent to an activating group) is 1. The van der Waals surface area contributed by atoms with Gasteiger partial charge in [-0.2, -0.15) is 0 Å². The predicted molar refractivity (Wildman–Crippen MR) is 113 cm³/mol. The van der Waals surface area contributed by atoms with Crippen LogP contribution in [0, 0.1) is 5.92 Å². The molecule has 3 N–H and O–H groups in total. The van der Waals surface area contributed by atoms with Gasteiger partial charge in [0, 0.05) is 37.8 Å². The first-order valence-corrected chi connectivity index (χ1v) is 10.2. The van der Waals surface area contributed by atoms with E-state index in [0.29, 0.717) is 12.6 Å². The van der Waals surface area contributed by atoms with Gasteiger partial charge in [0.15, 0.2) is 5.96 Å². The third kappa shape index (κ3) is 6.54. The van der Waals surface area contributed by atoms with Gasteiger partial charge in [-0.3, -0.25) is 14.7 Å². The van der Waals surface area contributed by atoms with E-state index in [4.69, 9.17) is 0 Å². The van der Waals surface area contributed by atoms with Crippen LogP contribution in [-0.2, 0) is 11.3 Å². The Bertz CT molecular complexity index is 631. The van der Waals surface area contributed by atoms with Crippen molar-refractivity contribution in [2.45, 2.75) is 52.6 Å². The number of carbonyl (C=O) groups excluding carboxylic acids is 1. The first kappa shape index (κ1) is 21.2. The topological polar surface area (TPSA) is 68.8 Å². The lowest BCUT2D eigenvalue weighted by atomic mass is 10.1. The number of benzene rings is 1. The van der Waals surface area contributed by atoms with Crippen LogP contribution < -0.4 is 16.0 Å². The number of amides is 1. The molecule has 1 heterocycles. The molecule has 1 amide bonds. The number of guanidine groups is 1. The standard InChI is InChI=1S/C21H35N5O/c1-5-16(3)20(27)25-18-10-7-9-17(13-18)14-23-21(22-4)24-15-19-11-8-12-26(19)6-2/h7,9-10,13,16,19H,5-6,8,11-12,14-15H2,1-4H3,(H,25,27)(H2,22,23,24). The average Bonchev–Trinajstić information content (AvgIpc) is 3.15. The number of hydrogen-bond donors (Lipinski definition) is 3. The van der Waals surface area contributed by atoms with Crippen molar-refractivity contribution in [2.24, 2.45) is 10.9 Å². The van der Waals surface area contributed by atoms with Gasteiger partial charge in [0.05, 0.1) is 0 Å². The molecule has 0 bridgehead atoms. The summed E-state index contributed by atoms with van der Waals surface area (Å²) in [6, 6.07) is 8.55. The Hall–Kier alpha value is -2.08. The first-order valence-electron chi connectivity index (χ1n) is 10.2. The van der Waals surface area contributed by atoms with Crippen molar-refractivity contribution >= 4 is 17.6 Å². The lowest BCUT2D eigenvalue weighted by Gasteiger charge is -2.24. The molecule has 2 rings (SSSR count). The van der Waals surface area contributed by atoms with Crippen molar-refractivity contribution in [3.05, 3.63) is 29.8 Å². The SMILES string of the molecule is CCC(C)C(=O)Nc1cccc(CNC(=NC)NCC2CCCN2CC)c1. The second-order valence-electron chi connectivity index (χ2n) is 7.23. The van der Waals surface area contributed by atoms with Crippen LogP contribution in [0.1, 0.15) is 45.6 Å². The van der Waals surface area contributed by atoms with Crippen molar-refractivity contribution < 1.29 is 4.79 Å². The van der Waals surface area contributed by atoms with E-state index in [1.54, 1.807) is 7.05 Å². The summed E-state index contributed by atoms with van der Waals surface area (Å²) in [5.74, 6) is 0.900. The third-order valence-electron chi connectivity index (χ3n) is 5.35. The van der Waals surface area contributed by atoms with E-state index in [1.165, 1.54) is 19.4 Å². The van der Waals surface area contributed by atoms with Gasteiger partial charge >= 0.3 is 0 Å². The van der Waals surface area contributed by atoms with Crippen LogP contribution in [0.3, 0.4) is 0 Å². The smallest absolute Gasteiger partial charge is 0.227 e. The number of anilines is 1. The average molecular weight is 374 g/mol. The lowest BCUT2D eigenvalue weighted by molar-refractivity contribution is -0.119. The summed E-state index contributed by atoms with van der Waals surface area (Å²) < 4.78 is 0. The number of nitrogens with one attached hydrogen (secondary N) is 3. The molecule has 27 heavy (non-hydrogen) atoms. The van der Waals surface area contributed by atoms with Crippen molar-refractivity contribution in [1.82, 2.24) is 15.5 Å². The number of aliphatic imine (C=N–C) groups is 1. The quantitative estimate of drug-likeness (QED) is 0.484. The summed E-state index contributed by atoms with van der Waals surface area (Å²) in [5, 5.41) is 9.80. The molecule has 6 heteroatoms. The van der Waals surface area contributed by atoms with E-state index in [1.807, 2.05) is 32.0 Å². The van der Waals surface area contributed by atoms with Crippen LogP contribution in [0.5, 0.6) is 0 Å². The molecule has 0 aliphatic carbocycles. The van der Waals surface area contributed by atoms with Crippen molar-refractivity contribution in [2.75, 3.05) is 32.0 Å². The van der Waals surface area contributed by atoms with Gasteiger partial charge in [0.2, 0.25) is 5.91 Å². The van der Waals surface area contributed by atoms with Gasteiger partial charge in [-0.15, -0.1) is 0 Å². The van der Waals surface area contributed by atoms with E-state index in [-0.39, 0.29) is 11.8 Å². The second kappa shape index (κ2) is 10.9. The summed E-state index contributed by atoms with van der Waals surface area (Å²) in [6.07, 6.45) is 3.36. The minimum atomic E-state index is 0.0214. The molecule has 1 aromatic carbocycles. The highest BCUT2D eigenvalue weighted by atomic mass is 16.1. The molecule has 2 unspecified atom stereocenters. The van der Waals surface area contributed by atoms with E-state index in [2.05, 4.69) is 38.8 Å². The Balaban J connectivity index is 1.83. The largest absolute Gasteiger partial charge is 0.355 e. The van der Waals surface area contributed by atoms with E-state index < -0.39 is 0 Å². The van der Waals surface area contributed by atoms with E-state index in [9.17, 15) is 4.79 Å². The van der Waals surface area contributed by atoms with Gasteiger partial charge in [0.1, 0.15) is 0 Å². The number of carbonyl (C=O) groups is 1. The third-order valence-corrected chi connectivity index (χ3v) is 5.35. The molecule has 1 aliphatic rings. The fourth-order valence-corrected chi connectivity index (χ4v) is 3.37. The zero-order chi connectivity index (χ0) is 19.6. The zero-order valence-electron chi connectivity index (χ0n) is 17.2. The van der Waals surface area contributed by atoms with Crippen LogP contribution >= 0.6 is 0 Å². The Morgan fingerprint density at radius 1 is 1.33 bits per heavy atom.